The summed E-state index contributed by atoms with van der Waals surface area (Å²) in [7, 11) is 0. The standard InChI is InChI=1S/C14H16N2O2/c15-12-4-1-11(2-5-12)3-6-14(18)16-9-7-13(17)8-10-16/h1-6H,7-10,15H2/b6-3+. The number of nitrogen functional groups attached to an aromatic ring is 1. The van der Waals surface area contributed by atoms with Crippen LogP contribution in [0.3, 0.4) is 0 Å². The molecule has 94 valence electrons. The summed E-state index contributed by atoms with van der Waals surface area (Å²) in [5, 5.41) is 0. The van der Waals surface area contributed by atoms with Crippen molar-refractivity contribution in [2.45, 2.75) is 12.8 Å². The van der Waals surface area contributed by atoms with Gasteiger partial charge in [-0.3, -0.25) is 9.59 Å². The first-order valence-electron chi connectivity index (χ1n) is 5.99. The molecular formula is C14H16N2O2. The Kier molecular flexibility index (Phi) is 3.77. The highest BCUT2D eigenvalue weighted by Crippen LogP contribution is 2.09. The van der Waals surface area contributed by atoms with E-state index in [0.29, 0.717) is 31.6 Å². The Balaban J connectivity index is 1.94. The highest BCUT2D eigenvalue weighted by atomic mass is 16.2. The van der Waals surface area contributed by atoms with Gasteiger partial charge in [0.1, 0.15) is 5.78 Å². The van der Waals surface area contributed by atoms with E-state index in [0.717, 1.165) is 5.56 Å². The largest absolute Gasteiger partial charge is 0.399 e. The van der Waals surface area contributed by atoms with Gasteiger partial charge in [-0.2, -0.15) is 0 Å². The minimum Gasteiger partial charge on any atom is -0.399 e. The van der Waals surface area contributed by atoms with Gasteiger partial charge in [-0.1, -0.05) is 12.1 Å². The summed E-state index contributed by atoms with van der Waals surface area (Å²) in [4.78, 5) is 24.6. The molecule has 0 aliphatic carbocycles. The van der Waals surface area contributed by atoms with Crippen LogP contribution < -0.4 is 5.73 Å². The van der Waals surface area contributed by atoms with Crippen LogP contribution in [-0.4, -0.2) is 29.7 Å². The molecule has 0 aromatic heterocycles. The number of amides is 1. The molecule has 0 bridgehead atoms. The second-order valence-corrected chi connectivity index (χ2v) is 4.36. The zero-order valence-electron chi connectivity index (χ0n) is 10.1. The topological polar surface area (TPSA) is 63.4 Å². The van der Waals surface area contributed by atoms with Crippen LogP contribution in [0.2, 0.25) is 0 Å². The van der Waals surface area contributed by atoms with Crippen molar-refractivity contribution in [3.63, 3.8) is 0 Å². The van der Waals surface area contributed by atoms with E-state index in [9.17, 15) is 9.59 Å². The first kappa shape index (κ1) is 12.4. The molecule has 1 fully saturated rings. The van der Waals surface area contributed by atoms with Gasteiger partial charge in [0.25, 0.3) is 0 Å². The number of Topliss-reactive ketones (excluding diaryl/α,β-unsaturated/α-hetero) is 1. The van der Waals surface area contributed by atoms with Crippen molar-refractivity contribution < 1.29 is 9.59 Å². The molecule has 1 saturated heterocycles. The minimum absolute atomic E-state index is 0.0423. The van der Waals surface area contributed by atoms with Gasteiger partial charge >= 0.3 is 0 Å². The summed E-state index contributed by atoms with van der Waals surface area (Å²) in [5.41, 5.74) is 7.22. The number of ketones is 1. The summed E-state index contributed by atoms with van der Waals surface area (Å²) in [6, 6.07) is 7.31. The molecule has 18 heavy (non-hydrogen) atoms. The molecule has 1 aromatic carbocycles. The molecule has 0 spiro atoms. The fourth-order valence-corrected chi connectivity index (χ4v) is 1.86. The van der Waals surface area contributed by atoms with Crippen molar-refractivity contribution in [3.8, 4) is 0 Å². The number of anilines is 1. The zero-order chi connectivity index (χ0) is 13.0. The maximum absolute atomic E-state index is 11.8. The second kappa shape index (κ2) is 5.49. The first-order chi connectivity index (χ1) is 8.65. The monoisotopic (exact) mass is 244 g/mol. The number of nitrogens with zero attached hydrogens (tertiary/aromatic N) is 1. The Labute approximate surface area is 106 Å². The smallest absolute Gasteiger partial charge is 0.246 e. The second-order valence-electron chi connectivity index (χ2n) is 4.36. The third kappa shape index (κ3) is 3.20. The molecule has 4 nitrogen and oxygen atoms in total. The van der Waals surface area contributed by atoms with Crippen LogP contribution >= 0.6 is 0 Å². The van der Waals surface area contributed by atoms with Crippen molar-refractivity contribution in [3.05, 3.63) is 35.9 Å². The molecule has 1 aliphatic heterocycles. The summed E-state index contributed by atoms with van der Waals surface area (Å²) in [6.07, 6.45) is 4.25. The van der Waals surface area contributed by atoms with Gasteiger partial charge in [-0.25, -0.2) is 0 Å². The highest BCUT2D eigenvalue weighted by molar-refractivity contribution is 5.93. The van der Waals surface area contributed by atoms with Crippen molar-refractivity contribution in [1.29, 1.82) is 0 Å². The lowest BCUT2D eigenvalue weighted by Crippen LogP contribution is -2.37. The number of likely N-dealkylation sites (tertiary alicyclic amines) is 1. The number of carbonyl (C=O) groups excluding carboxylic acids is 2. The predicted octanol–water partition coefficient (Wildman–Crippen LogP) is 1.47. The van der Waals surface area contributed by atoms with Gasteiger partial charge in [0.15, 0.2) is 0 Å². The Morgan fingerprint density at radius 3 is 2.39 bits per heavy atom. The van der Waals surface area contributed by atoms with Gasteiger partial charge < -0.3 is 10.6 Å². The quantitative estimate of drug-likeness (QED) is 0.633. The third-order valence-corrected chi connectivity index (χ3v) is 2.99. The molecular weight excluding hydrogens is 228 g/mol. The molecule has 0 atom stereocenters. The van der Waals surface area contributed by atoms with E-state index in [4.69, 9.17) is 5.73 Å². The lowest BCUT2D eigenvalue weighted by atomic mass is 10.1. The lowest BCUT2D eigenvalue weighted by molar-refractivity contribution is -0.130. The van der Waals surface area contributed by atoms with Gasteiger partial charge in [-0.15, -0.1) is 0 Å². The number of hydrogen-bond donors (Lipinski definition) is 1. The number of nitrogens with two attached hydrogens (primary N) is 1. The van der Waals surface area contributed by atoms with Crippen molar-refractivity contribution in [1.82, 2.24) is 4.90 Å². The van der Waals surface area contributed by atoms with E-state index in [1.807, 2.05) is 12.1 Å². The van der Waals surface area contributed by atoms with E-state index < -0.39 is 0 Å². The fourth-order valence-electron chi connectivity index (χ4n) is 1.86. The Morgan fingerprint density at radius 2 is 1.78 bits per heavy atom. The van der Waals surface area contributed by atoms with Crippen LogP contribution in [0.15, 0.2) is 30.3 Å². The summed E-state index contributed by atoms with van der Waals surface area (Å²) in [6.45, 7) is 1.06. The molecule has 0 saturated carbocycles. The van der Waals surface area contributed by atoms with Crippen LogP contribution in [0, 0.1) is 0 Å². The van der Waals surface area contributed by atoms with E-state index in [2.05, 4.69) is 0 Å². The highest BCUT2D eigenvalue weighted by Gasteiger charge is 2.18. The average Bonchev–Trinajstić information content (AvgIpc) is 2.38. The summed E-state index contributed by atoms with van der Waals surface area (Å²) < 4.78 is 0. The summed E-state index contributed by atoms with van der Waals surface area (Å²) >= 11 is 0. The summed E-state index contributed by atoms with van der Waals surface area (Å²) in [5.74, 6) is 0.195. The molecule has 2 rings (SSSR count). The average molecular weight is 244 g/mol. The maximum atomic E-state index is 11.8. The van der Waals surface area contributed by atoms with Crippen LogP contribution in [0.4, 0.5) is 5.69 Å². The number of benzene rings is 1. The number of piperidine rings is 1. The van der Waals surface area contributed by atoms with Crippen LogP contribution in [0.5, 0.6) is 0 Å². The lowest BCUT2D eigenvalue weighted by Gasteiger charge is -2.24. The molecule has 2 N–H and O–H groups in total. The molecule has 4 heteroatoms. The van der Waals surface area contributed by atoms with Crippen molar-refractivity contribution >= 4 is 23.5 Å². The van der Waals surface area contributed by atoms with Crippen molar-refractivity contribution in [2.75, 3.05) is 18.8 Å². The van der Waals surface area contributed by atoms with Gasteiger partial charge in [0.2, 0.25) is 5.91 Å². The first-order valence-corrected chi connectivity index (χ1v) is 5.99. The molecule has 1 heterocycles. The SMILES string of the molecule is Nc1ccc(/C=C/C(=O)N2CCC(=O)CC2)cc1. The Morgan fingerprint density at radius 1 is 1.17 bits per heavy atom. The third-order valence-electron chi connectivity index (χ3n) is 2.99. The van der Waals surface area contributed by atoms with E-state index >= 15 is 0 Å². The fraction of sp³-hybridized carbons (Fsp3) is 0.286. The number of carbonyl (C=O) groups is 2. The van der Waals surface area contributed by atoms with Gasteiger partial charge in [-0.05, 0) is 23.8 Å². The van der Waals surface area contributed by atoms with E-state index in [1.54, 1.807) is 29.2 Å². The predicted molar refractivity (Wildman–Crippen MR) is 70.7 cm³/mol. The zero-order valence-corrected chi connectivity index (χ0v) is 10.1. The van der Waals surface area contributed by atoms with E-state index in [-0.39, 0.29) is 11.7 Å². The van der Waals surface area contributed by atoms with Crippen molar-refractivity contribution in [2.24, 2.45) is 0 Å². The Hall–Kier alpha value is -2.10. The molecule has 0 unspecified atom stereocenters. The molecule has 1 amide bonds. The minimum atomic E-state index is -0.0423. The number of rotatable bonds is 2. The van der Waals surface area contributed by atoms with Crippen LogP contribution in [0.1, 0.15) is 18.4 Å². The van der Waals surface area contributed by atoms with Crippen LogP contribution in [-0.2, 0) is 9.59 Å². The Bertz CT molecular complexity index is 467. The molecule has 1 aliphatic rings. The van der Waals surface area contributed by atoms with Gasteiger partial charge in [0, 0.05) is 37.7 Å². The molecule has 0 radical (unpaired) electrons. The van der Waals surface area contributed by atoms with Gasteiger partial charge in [0.05, 0.1) is 0 Å². The van der Waals surface area contributed by atoms with E-state index in [1.165, 1.54) is 0 Å². The molecule has 1 aromatic rings. The number of hydrogen-bond acceptors (Lipinski definition) is 3. The maximum Gasteiger partial charge on any atom is 0.246 e. The normalized spacial score (nSPS) is 16.2. The van der Waals surface area contributed by atoms with Crippen LogP contribution in [0.25, 0.3) is 6.08 Å².